The van der Waals surface area contributed by atoms with E-state index >= 15 is 0 Å². The minimum Gasteiger partial charge on any atom is -0.497 e. The lowest BCUT2D eigenvalue weighted by molar-refractivity contribution is -0.123. The van der Waals surface area contributed by atoms with Crippen molar-refractivity contribution in [2.45, 2.75) is 13.3 Å². The van der Waals surface area contributed by atoms with Crippen LogP contribution in [0, 0.1) is 6.92 Å². The van der Waals surface area contributed by atoms with Crippen LogP contribution in [0.1, 0.15) is 11.3 Å². The van der Waals surface area contributed by atoms with Gasteiger partial charge in [-0.1, -0.05) is 18.2 Å². The number of ether oxygens (including phenoxy) is 2. The van der Waals surface area contributed by atoms with Gasteiger partial charge in [0.05, 0.1) is 12.8 Å². The van der Waals surface area contributed by atoms with Crippen molar-refractivity contribution in [1.29, 1.82) is 0 Å². The number of benzene rings is 2. The van der Waals surface area contributed by atoms with Gasteiger partial charge in [-0.05, 0) is 42.8 Å². The predicted octanol–water partition coefficient (Wildman–Crippen LogP) is 3.86. The van der Waals surface area contributed by atoms with Crippen LogP contribution in [-0.4, -0.2) is 31.2 Å². The Morgan fingerprint density at radius 3 is 2.67 bits per heavy atom. The Hall–Kier alpha value is -2.86. The van der Waals surface area contributed by atoms with Crippen molar-refractivity contribution in [2.24, 2.45) is 0 Å². The highest BCUT2D eigenvalue weighted by Gasteiger charge is 2.07. The fourth-order valence-corrected chi connectivity index (χ4v) is 3.39. The van der Waals surface area contributed by atoms with E-state index in [9.17, 15) is 4.79 Å². The number of nitrogens with zero attached hydrogens (tertiary/aromatic N) is 1. The van der Waals surface area contributed by atoms with Gasteiger partial charge < -0.3 is 14.8 Å². The van der Waals surface area contributed by atoms with Crippen LogP contribution in [0.4, 0.5) is 0 Å². The number of rotatable bonds is 8. The molecule has 1 amide bonds. The maximum Gasteiger partial charge on any atom is 0.257 e. The summed E-state index contributed by atoms with van der Waals surface area (Å²) in [5, 5.41) is 5.85. The van der Waals surface area contributed by atoms with Crippen molar-refractivity contribution in [1.82, 2.24) is 10.3 Å². The lowest BCUT2D eigenvalue weighted by atomic mass is 10.2. The molecule has 0 atom stereocenters. The molecule has 0 spiro atoms. The van der Waals surface area contributed by atoms with E-state index in [2.05, 4.69) is 10.3 Å². The molecular formula is C21H22N2O3S. The smallest absolute Gasteiger partial charge is 0.257 e. The number of carbonyl (C=O) groups excluding carboxylic acids is 1. The van der Waals surface area contributed by atoms with E-state index in [4.69, 9.17) is 9.47 Å². The van der Waals surface area contributed by atoms with Crippen LogP contribution >= 0.6 is 11.3 Å². The molecule has 1 heterocycles. The van der Waals surface area contributed by atoms with Crippen molar-refractivity contribution in [3.8, 4) is 22.1 Å². The zero-order chi connectivity index (χ0) is 19.1. The van der Waals surface area contributed by atoms with E-state index in [1.807, 2.05) is 60.8 Å². The Morgan fingerprint density at radius 2 is 1.93 bits per heavy atom. The van der Waals surface area contributed by atoms with Gasteiger partial charge in [-0.15, -0.1) is 11.3 Å². The molecule has 0 bridgehead atoms. The van der Waals surface area contributed by atoms with Crippen molar-refractivity contribution in [3.05, 3.63) is 65.2 Å². The molecule has 0 radical (unpaired) electrons. The first kappa shape index (κ1) is 18.9. The van der Waals surface area contributed by atoms with Crippen LogP contribution in [0.3, 0.4) is 0 Å². The topological polar surface area (TPSA) is 60.5 Å². The van der Waals surface area contributed by atoms with Crippen LogP contribution in [0.2, 0.25) is 0 Å². The van der Waals surface area contributed by atoms with E-state index in [0.717, 1.165) is 33.3 Å². The van der Waals surface area contributed by atoms with Crippen molar-refractivity contribution < 1.29 is 14.3 Å². The third kappa shape index (κ3) is 5.31. The monoisotopic (exact) mass is 382 g/mol. The number of hydrogen-bond donors (Lipinski definition) is 1. The number of carbonyl (C=O) groups is 1. The minimum atomic E-state index is -0.135. The maximum atomic E-state index is 11.9. The van der Waals surface area contributed by atoms with Crippen molar-refractivity contribution in [2.75, 3.05) is 20.3 Å². The molecular weight excluding hydrogens is 360 g/mol. The molecule has 0 fully saturated rings. The molecule has 0 aliphatic carbocycles. The fraction of sp³-hybridized carbons (Fsp3) is 0.238. The van der Waals surface area contributed by atoms with Crippen LogP contribution < -0.4 is 14.8 Å². The quantitative estimate of drug-likeness (QED) is 0.643. The third-order valence-corrected chi connectivity index (χ3v) is 4.98. The molecule has 140 valence electrons. The summed E-state index contributed by atoms with van der Waals surface area (Å²) in [6.07, 6.45) is 0.683. The summed E-state index contributed by atoms with van der Waals surface area (Å²) in [6, 6.07) is 15.5. The summed E-state index contributed by atoms with van der Waals surface area (Å²) < 4.78 is 10.7. The second kappa shape index (κ2) is 9.19. The molecule has 2 aromatic carbocycles. The SMILES string of the molecule is COc1ccc(-c2nc(CCNC(=O)COc3ccccc3C)cs2)cc1. The number of para-hydroxylation sites is 1. The Bertz CT molecular complexity index is 890. The number of nitrogens with one attached hydrogen (secondary N) is 1. The van der Waals surface area contributed by atoms with Crippen LogP contribution in [0.15, 0.2) is 53.9 Å². The first-order valence-electron chi connectivity index (χ1n) is 8.69. The molecule has 27 heavy (non-hydrogen) atoms. The molecule has 1 N–H and O–H groups in total. The van der Waals surface area contributed by atoms with Gasteiger partial charge in [-0.2, -0.15) is 0 Å². The van der Waals surface area contributed by atoms with E-state index in [1.165, 1.54) is 0 Å². The fourth-order valence-electron chi connectivity index (χ4n) is 2.53. The van der Waals surface area contributed by atoms with Gasteiger partial charge >= 0.3 is 0 Å². The standard InChI is InChI=1S/C21H22N2O3S/c1-15-5-3-4-6-19(15)26-13-20(24)22-12-11-17-14-27-21(23-17)16-7-9-18(25-2)10-8-16/h3-10,14H,11-13H2,1-2H3,(H,22,24). The molecule has 0 aliphatic heterocycles. The van der Waals surface area contributed by atoms with E-state index < -0.39 is 0 Å². The summed E-state index contributed by atoms with van der Waals surface area (Å²) in [5.74, 6) is 1.42. The predicted molar refractivity (Wildman–Crippen MR) is 107 cm³/mol. The highest BCUT2D eigenvalue weighted by molar-refractivity contribution is 7.13. The molecule has 6 heteroatoms. The molecule has 0 aliphatic rings. The number of amides is 1. The van der Waals surface area contributed by atoms with Gasteiger partial charge in [0.1, 0.15) is 16.5 Å². The second-order valence-corrected chi connectivity index (χ2v) is 6.88. The zero-order valence-corrected chi connectivity index (χ0v) is 16.2. The average Bonchev–Trinajstić information content (AvgIpc) is 3.16. The maximum absolute atomic E-state index is 11.9. The van der Waals surface area contributed by atoms with Gasteiger partial charge in [0.2, 0.25) is 0 Å². The number of hydrogen-bond acceptors (Lipinski definition) is 5. The molecule has 3 rings (SSSR count). The van der Waals surface area contributed by atoms with Gasteiger partial charge in [-0.25, -0.2) is 4.98 Å². The number of methoxy groups -OCH3 is 1. The number of thiazole rings is 1. The van der Waals surface area contributed by atoms with Gasteiger partial charge in [0, 0.05) is 23.9 Å². The van der Waals surface area contributed by atoms with E-state index in [-0.39, 0.29) is 12.5 Å². The molecule has 0 unspecified atom stereocenters. The number of aryl methyl sites for hydroxylation is 1. The molecule has 1 aromatic heterocycles. The Kier molecular flexibility index (Phi) is 6.44. The summed E-state index contributed by atoms with van der Waals surface area (Å²) >= 11 is 1.59. The second-order valence-electron chi connectivity index (χ2n) is 6.03. The molecule has 0 saturated carbocycles. The minimum absolute atomic E-state index is 0.0129. The van der Waals surface area contributed by atoms with Gasteiger partial charge in [0.15, 0.2) is 6.61 Å². The average molecular weight is 382 g/mol. The summed E-state index contributed by atoms with van der Waals surface area (Å²) in [4.78, 5) is 16.6. The number of aromatic nitrogens is 1. The van der Waals surface area contributed by atoms with Crippen LogP contribution in [-0.2, 0) is 11.2 Å². The lowest BCUT2D eigenvalue weighted by Gasteiger charge is -2.09. The highest BCUT2D eigenvalue weighted by Crippen LogP contribution is 2.25. The molecule has 3 aromatic rings. The lowest BCUT2D eigenvalue weighted by Crippen LogP contribution is -2.30. The highest BCUT2D eigenvalue weighted by atomic mass is 32.1. The first-order chi connectivity index (χ1) is 13.2. The third-order valence-electron chi connectivity index (χ3n) is 4.04. The normalized spacial score (nSPS) is 10.4. The first-order valence-corrected chi connectivity index (χ1v) is 9.57. The van der Waals surface area contributed by atoms with Gasteiger partial charge in [0.25, 0.3) is 5.91 Å². The van der Waals surface area contributed by atoms with E-state index in [0.29, 0.717) is 13.0 Å². The summed E-state index contributed by atoms with van der Waals surface area (Å²) in [6.45, 7) is 2.50. The van der Waals surface area contributed by atoms with Crippen LogP contribution in [0.5, 0.6) is 11.5 Å². The molecule has 5 nitrogen and oxygen atoms in total. The zero-order valence-electron chi connectivity index (χ0n) is 15.4. The summed E-state index contributed by atoms with van der Waals surface area (Å²) in [5.41, 5.74) is 3.03. The van der Waals surface area contributed by atoms with E-state index in [1.54, 1.807) is 18.4 Å². The molecule has 0 saturated heterocycles. The Labute approximate surface area is 163 Å². The summed E-state index contributed by atoms with van der Waals surface area (Å²) in [7, 11) is 1.65. The van der Waals surface area contributed by atoms with Crippen molar-refractivity contribution >= 4 is 17.2 Å². The van der Waals surface area contributed by atoms with Crippen LogP contribution in [0.25, 0.3) is 10.6 Å². The Morgan fingerprint density at radius 1 is 1.15 bits per heavy atom. The Balaban J connectivity index is 1.44. The largest absolute Gasteiger partial charge is 0.497 e. The van der Waals surface area contributed by atoms with Gasteiger partial charge in [-0.3, -0.25) is 4.79 Å². The van der Waals surface area contributed by atoms with Crippen molar-refractivity contribution in [3.63, 3.8) is 0 Å².